The molecule has 1 atom stereocenters. The molecule has 0 radical (unpaired) electrons. The van der Waals surface area contributed by atoms with Crippen LogP contribution in [0.15, 0.2) is 48.5 Å². The molecule has 1 fully saturated rings. The molecule has 4 rings (SSSR count). The number of ether oxygens (including phenoxy) is 2. The summed E-state index contributed by atoms with van der Waals surface area (Å²) in [6.07, 6.45) is 5.87. The normalized spacial score (nSPS) is 16.0. The average molecular weight is 437 g/mol. The standard InChI is InChI=1S/C26H32N2O4/c1-2-22(26(30)27-21-10-6-7-11-21)28(17-20-8-4-3-5-9-20)25(29)15-13-19-12-14-23-24(16-19)32-18-31-23/h3-5,8-9,12,14,16,21-22H,2,6-7,10-11,13,15,17-18H2,1H3,(H,27,30)/t22-/m1/s1. The highest BCUT2D eigenvalue weighted by atomic mass is 16.7. The Hall–Kier alpha value is -3.02. The van der Waals surface area contributed by atoms with Crippen LogP contribution in [0.2, 0.25) is 0 Å². The molecule has 6 heteroatoms. The third-order valence-corrected chi connectivity index (χ3v) is 6.35. The minimum atomic E-state index is -0.472. The fraction of sp³-hybridized carbons (Fsp3) is 0.462. The van der Waals surface area contributed by atoms with Gasteiger partial charge in [-0.25, -0.2) is 0 Å². The molecule has 2 amide bonds. The number of benzene rings is 2. The Bertz CT molecular complexity index is 925. The van der Waals surface area contributed by atoms with Crippen LogP contribution in [0.1, 0.15) is 56.6 Å². The second kappa shape index (κ2) is 10.5. The Labute approximate surface area is 189 Å². The number of carbonyl (C=O) groups excluding carboxylic acids is 2. The number of rotatable bonds is 9. The molecule has 0 spiro atoms. The number of hydrogen-bond acceptors (Lipinski definition) is 4. The van der Waals surface area contributed by atoms with Gasteiger partial charge in [0.1, 0.15) is 6.04 Å². The quantitative estimate of drug-likeness (QED) is 0.639. The van der Waals surface area contributed by atoms with Crippen LogP contribution in [0.25, 0.3) is 0 Å². The maximum absolute atomic E-state index is 13.4. The predicted octanol–water partition coefficient (Wildman–Crippen LogP) is 4.21. The summed E-state index contributed by atoms with van der Waals surface area (Å²) in [7, 11) is 0. The number of fused-ring (bicyclic) bond motifs is 1. The molecular formula is C26H32N2O4. The van der Waals surface area contributed by atoms with E-state index in [0.29, 0.717) is 25.8 Å². The molecule has 1 saturated carbocycles. The van der Waals surface area contributed by atoms with Gasteiger partial charge in [-0.3, -0.25) is 9.59 Å². The Morgan fingerprint density at radius 1 is 1.03 bits per heavy atom. The summed E-state index contributed by atoms with van der Waals surface area (Å²) in [6, 6.07) is 15.4. The summed E-state index contributed by atoms with van der Waals surface area (Å²) >= 11 is 0. The van der Waals surface area contributed by atoms with Gasteiger partial charge in [0.15, 0.2) is 11.5 Å². The summed E-state index contributed by atoms with van der Waals surface area (Å²) in [5, 5.41) is 3.19. The van der Waals surface area contributed by atoms with E-state index < -0.39 is 6.04 Å². The van der Waals surface area contributed by atoms with E-state index in [2.05, 4.69) is 5.32 Å². The van der Waals surface area contributed by atoms with Crippen LogP contribution in [0.3, 0.4) is 0 Å². The summed E-state index contributed by atoms with van der Waals surface area (Å²) in [5.74, 6) is 1.41. The third kappa shape index (κ3) is 5.42. The lowest BCUT2D eigenvalue weighted by Crippen LogP contribution is -2.51. The Morgan fingerprint density at radius 3 is 2.53 bits per heavy atom. The summed E-state index contributed by atoms with van der Waals surface area (Å²) in [5.41, 5.74) is 2.04. The maximum atomic E-state index is 13.4. The van der Waals surface area contributed by atoms with Gasteiger partial charge in [-0.15, -0.1) is 0 Å². The van der Waals surface area contributed by atoms with Crippen LogP contribution in [-0.4, -0.2) is 35.6 Å². The van der Waals surface area contributed by atoms with Gasteiger partial charge >= 0.3 is 0 Å². The first kappa shape index (κ1) is 22.2. The van der Waals surface area contributed by atoms with Crippen molar-refractivity contribution < 1.29 is 19.1 Å². The van der Waals surface area contributed by atoms with Crippen LogP contribution in [0, 0.1) is 0 Å². The molecule has 1 heterocycles. The molecule has 0 aromatic heterocycles. The van der Waals surface area contributed by atoms with E-state index in [9.17, 15) is 9.59 Å². The first-order valence-corrected chi connectivity index (χ1v) is 11.7. The smallest absolute Gasteiger partial charge is 0.243 e. The van der Waals surface area contributed by atoms with Gasteiger partial charge in [-0.1, -0.05) is 56.2 Å². The zero-order valence-corrected chi connectivity index (χ0v) is 18.7. The number of nitrogens with zero attached hydrogens (tertiary/aromatic N) is 1. The average Bonchev–Trinajstić information content (AvgIpc) is 3.49. The first-order valence-electron chi connectivity index (χ1n) is 11.7. The highest BCUT2D eigenvalue weighted by molar-refractivity contribution is 5.88. The Morgan fingerprint density at radius 2 is 1.78 bits per heavy atom. The van der Waals surface area contributed by atoms with Crippen molar-refractivity contribution in [2.75, 3.05) is 6.79 Å². The molecule has 1 aliphatic heterocycles. The largest absolute Gasteiger partial charge is 0.454 e. The van der Waals surface area contributed by atoms with Crippen molar-refractivity contribution in [2.45, 2.75) is 70.5 Å². The van der Waals surface area contributed by atoms with Gasteiger partial charge in [-0.2, -0.15) is 0 Å². The zero-order valence-electron chi connectivity index (χ0n) is 18.7. The van der Waals surface area contributed by atoms with E-state index in [4.69, 9.17) is 9.47 Å². The van der Waals surface area contributed by atoms with Crippen molar-refractivity contribution in [3.63, 3.8) is 0 Å². The van der Waals surface area contributed by atoms with E-state index in [1.807, 2.05) is 55.5 Å². The molecule has 2 aromatic rings. The minimum absolute atomic E-state index is 0.0139. The lowest BCUT2D eigenvalue weighted by atomic mass is 10.1. The Kier molecular flexibility index (Phi) is 7.30. The van der Waals surface area contributed by atoms with E-state index in [0.717, 1.165) is 48.3 Å². The maximum Gasteiger partial charge on any atom is 0.243 e. The van der Waals surface area contributed by atoms with Crippen molar-refractivity contribution in [3.8, 4) is 11.5 Å². The van der Waals surface area contributed by atoms with Gasteiger partial charge in [0.2, 0.25) is 18.6 Å². The van der Waals surface area contributed by atoms with Crippen LogP contribution < -0.4 is 14.8 Å². The number of hydrogen-bond donors (Lipinski definition) is 1. The molecule has 1 N–H and O–H groups in total. The summed E-state index contributed by atoms with van der Waals surface area (Å²) < 4.78 is 10.8. The number of carbonyl (C=O) groups is 2. The van der Waals surface area contributed by atoms with Crippen molar-refractivity contribution in [2.24, 2.45) is 0 Å². The van der Waals surface area contributed by atoms with Crippen LogP contribution >= 0.6 is 0 Å². The topological polar surface area (TPSA) is 67.9 Å². The van der Waals surface area contributed by atoms with Gasteiger partial charge < -0.3 is 19.7 Å². The van der Waals surface area contributed by atoms with Crippen molar-refractivity contribution in [1.82, 2.24) is 10.2 Å². The van der Waals surface area contributed by atoms with Gasteiger partial charge in [0, 0.05) is 19.0 Å². The van der Waals surface area contributed by atoms with Gasteiger partial charge in [0.25, 0.3) is 0 Å². The molecule has 1 aliphatic carbocycles. The zero-order chi connectivity index (χ0) is 22.3. The highest BCUT2D eigenvalue weighted by Gasteiger charge is 2.30. The molecule has 2 aromatic carbocycles. The first-order chi connectivity index (χ1) is 15.6. The fourth-order valence-electron chi connectivity index (χ4n) is 4.56. The Balaban J connectivity index is 1.46. The highest BCUT2D eigenvalue weighted by Crippen LogP contribution is 2.33. The van der Waals surface area contributed by atoms with E-state index in [1.54, 1.807) is 4.90 Å². The third-order valence-electron chi connectivity index (χ3n) is 6.35. The minimum Gasteiger partial charge on any atom is -0.454 e. The van der Waals surface area contributed by atoms with Crippen LogP contribution in [-0.2, 0) is 22.6 Å². The van der Waals surface area contributed by atoms with Crippen molar-refractivity contribution >= 4 is 11.8 Å². The number of nitrogens with one attached hydrogen (secondary N) is 1. The van der Waals surface area contributed by atoms with E-state index in [1.165, 1.54) is 0 Å². The molecule has 0 unspecified atom stereocenters. The predicted molar refractivity (Wildman–Crippen MR) is 122 cm³/mol. The molecule has 0 bridgehead atoms. The van der Waals surface area contributed by atoms with Crippen molar-refractivity contribution in [3.05, 3.63) is 59.7 Å². The number of aryl methyl sites for hydroxylation is 1. The fourth-order valence-corrected chi connectivity index (χ4v) is 4.56. The molecule has 2 aliphatic rings. The van der Waals surface area contributed by atoms with E-state index in [-0.39, 0.29) is 24.6 Å². The van der Waals surface area contributed by atoms with Crippen molar-refractivity contribution in [1.29, 1.82) is 0 Å². The lowest BCUT2D eigenvalue weighted by Gasteiger charge is -2.31. The molecular weight excluding hydrogens is 404 g/mol. The monoisotopic (exact) mass is 436 g/mol. The molecule has 170 valence electrons. The number of amides is 2. The summed E-state index contributed by atoms with van der Waals surface area (Å²) in [4.78, 5) is 28.3. The molecule has 6 nitrogen and oxygen atoms in total. The summed E-state index contributed by atoms with van der Waals surface area (Å²) in [6.45, 7) is 2.64. The second-order valence-corrected chi connectivity index (χ2v) is 8.61. The van der Waals surface area contributed by atoms with Gasteiger partial charge in [-0.05, 0) is 48.9 Å². The molecule has 0 saturated heterocycles. The van der Waals surface area contributed by atoms with E-state index >= 15 is 0 Å². The lowest BCUT2D eigenvalue weighted by molar-refractivity contribution is -0.141. The second-order valence-electron chi connectivity index (χ2n) is 8.61. The van der Waals surface area contributed by atoms with Crippen LogP contribution in [0.4, 0.5) is 0 Å². The van der Waals surface area contributed by atoms with Gasteiger partial charge in [0.05, 0.1) is 0 Å². The molecule has 32 heavy (non-hydrogen) atoms. The SMILES string of the molecule is CC[C@H](C(=O)NC1CCCC1)N(Cc1ccccc1)C(=O)CCc1ccc2c(c1)OCO2. The van der Waals surface area contributed by atoms with Crippen LogP contribution in [0.5, 0.6) is 11.5 Å².